The van der Waals surface area contributed by atoms with E-state index in [1.807, 2.05) is 24.3 Å². The van der Waals surface area contributed by atoms with Crippen LogP contribution in [0, 0.1) is 0 Å². The molecule has 5 rings (SSSR count). The fraction of sp³-hybridized carbons (Fsp3) is 0.259. The second-order valence-electron chi connectivity index (χ2n) is 8.53. The van der Waals surface area contributed by atoms with Crippen LogP contribution in [0.25, 0.3) is 11.1 Å². The number of rotatable bonds is 5. The number of hydrogen-bond donors (Lipinski definition) is 2. The maximum absolute atomic E-state index is 12.5. The van der Waals surface area contributed by atoms with Gasteiger partial charge in [0.15, 0.2) is 0 Å². The van der Waals surface area contributed by atoms with Gasteiger partial charge in [-0.25, -0.2) is 4.79 Å². The number of carboxylic acids is 1. The minimum Gasteiger partial charge on any atom is -0.481 e. The van der Waals surface area contributed by atoms with E-state index >= 15 is 0 Å². The monoisotopic (exact) mass is 443 g/mol. The fourth-order valence-corrected chi connectivity index (χ4v) is 4.97. The molecule has 33 heavy (non-hydrogen) atoms. The van der Waals surface area contributed by atoms with Gasteiger partial charge in [0.05, 0.1) is 5.41 Å². The molecule has 6 heteroatoms. The molecule has 0 atom stereocenters. The zero-order valence-electron chi connectivity index (χ0n) is 18.1. The van der Waals surface area contributed by atoms with E-state index in [9.17, 15) is 14.7 Å². The molecule has 0 unspecified atom stereocenters. The molecule has 2 aliphatic rings. The zero-order chi connectivity index (χ0) is 22.8. The predicted molar refractivity (Wildman–Crippen MR) is 125 cm³/mol. The summed E-state index contributed by atoms with van der Waals surface area (Å²) in [5.74, 6) is -0.850. The number of ether oxygens (including phenoxy) is 2. The van der Waals surface area contributed by atoms with Crippen LogP contribution < -0.4 is 5.32 Å². The lowest BCUT2D eigenvalue weighted by Crippen LogP contribution is -2.41. The summed E-state index contributed by atoms with van der Waals surface area (Å²) in [6, 6.07) is 23.3. The minimum absolute atomic E-state index is 0.00512. The summed E-state index contributed by atoms with van der Waals surface area (Å²) < 4.78 is 10.9. The van der Waals surface area contributed by atoms with Crippen molar-refractivity contribution in [3.05, 3.63) is 89.5 Å². The smallest absolute Gasteiger partial charge is 0.411 e. The summed E-state index contributed by atoms with van der Waals surface area (Å²) in [6.45, 7) is 1.08. The van der Waals surface area contributed by atoms with Crippen molar-refractivity contribution in [3.63, 3.8) is 0 Å². The van der Waals surface area contributed by atoms with Crippen LogP contribution in [0.1, 0.15) is 35.4 Å². The molecule has 1 aliphatic carbocycles. The number of fused-ring (bicyclic) bond motifs is 3. The lowest BCUT2D eigenvalue weighted by molar-refractivity contribution is -0.147. The van der Waals surface area contributed by atoms with E-state index in [0.29, 0.717) is 31.7 Å². The molecule has 0 bridgehead atoms. The van der Waals surface area contributed by atoms with Crippen molar-refractivity contribution < 1.29 is 24.2 Å². The second kappa shape index (κ2) is 8.71. The van der Waals surface area contributed by atoms with Crippen molar-refractivity contribution in [1.82, 2.24) is 0 Å². The maximum Gasteiger partial charge on any atom is 0.411 e. The van der Waals surface area contributed by atoms with Gasteiger partial charge in [0.2, 0.25) is 0 Å². The van der Waals surface area contributed by atoms with Crippen LogP contribution in [0.3, 0.4) is 0 Å². The minimum atomic E-state index is -0.944. The third-order valence-electron chi connectivity index (χ3n) is 6.78. The number of nitrogens with one attached hydrogen (secondary N) is 1. The number of carbonyl (C=O) groups excluding carboxylic acids is 1. The van der Waals surface area contributed by atoms with Crippen LogP contribution in [0.4, 0.5) is 10.5 Å². The first-order valence-corrected chi connectivity index (χ1v) is 11.1. The third kappa shape index (κ3) is 3.87. The molecule has 0 spiro atoms. The van der Waals surface area contributed by atoms with Gasteiger partial charge in [-0.3, -0.25) is 10.1 Å². The van der Waals surface area contributed by atoms with Gasteiger partial charge in [-0.1, -0.05) is 60.7 Å². The Morgan fingerprint density at radius 3 is 2.06 bits per heavy atom. The number of anilines is 1. The van der Waals surface area contributed by atoms with Crippen molar-refractivity contribution in [3.8, 4) is 11.1 Å². The molecule has 3 aromatic carbocycles. The Morgan fingerprint density at radius 1 is 0.909 bits per heavy atom. The van der Waals surface area contributed by atoms with Crippen molar-refractivity contribution >= 4 is 17.7 Å². The highest BCUT2D eigenvalue weighted by atomic mass is 16.5. The van der Waals surface area contributed by atoms with Gasteiger partial charge >= 0.3 is 12.1 Å². The van der Waals surface area contributed by atoms with Crippen LogP contribution >= 0.6 is 0 Å². The van der Waals surface area contributed by atoms with Crippen molar-refractivity contribution in [2.24, 2.45) is 0 Å². The molecule has 168 valence electrons. The Morgan fingerprint density at radius 2 is 1.48 bits per heavy atom. The van der Waals surface area contributed by atoms with Crippen LogP contribution in [0.2, 0.25) is 0 Å². The number of carbonyl (C=O) groups is 2. The van der Waals surface area contributed by atoms with Gasteiger partial charge in [-0.05, 0) is 52.8 Å². The number of hydrogen-bond acceptors (Lipinski definition) is 4. The topological polar surface area (TPSA) is 84.9 Å². The summed E-state index contributed by atoms with van der Waals surface area (Å²) in [6.07, 6.45) is 0.326. The Bertz CT molecular complexity index is 1140. The summed E-state index contributed by atoms with van der Waals surface area (Å²) in [4.78, 5) is 24.5. The molecule has 0 aromatic heterocycles. The molecular formula is C27H25NO5. The van der Waals surface area contributed by atoms with E-state index in [1.165, 1.54) is 11.1 Å². The Kier molecular flexibility index (Phi) is 5.60. The number of aliphatic carboxylic acids is 1. The summed E-state index contributed by atoms with van der Waals surface area (Å²) in [5.41, 5.74) is 5.01. The highest BCUT2D eigenvalue weighted by Gasteiger charge is 2.41. The van der Waals surface area contributed by atoms with Gasteiger partial charge in [0.25, 0.3) is 0 Å². The fourth-order valence-electron chi connectivity index (χ4n) is 4.97. The van der Waals surface area contributed by atoms with E-state index in [2.05, 4.69) is 29.6 Å². The first-order chi connectivity index (χ1) is 16.1. The molecule has 3 aromatic rings. The highest BCUT2D eigenvalue weighted by Crippen LogP contribution is 2.44. The molecule has 0 saturated carbocycles. The average molecular weight is 443 g/mol. The van der Waals surface area contributed by atoms with Crippen molar-refractivity contribution in [2.45, 2.75) is 24.2 Å². The largest absolute Gasteiger partial charge is 0.481 e. The van der Waals surface area contributed by atoms with Gasteiger partial charge in [0, 0.05) is 24.8 Å². The quantitative estimate of drug-likeness (QED) is 0.568. The normalized spacial score (nSPS) is 16.5. The predicted octanol–water partition coefficient (Wildman–Crippen LogP) is 5.18. The van der Waals surface area contributed by atoms with Crippen LogP contribution in [0.5, 0.6) is 0 Å². The van der Waals surface area contributed by atoms with Gasteiger partial charge in [-0.2, -0.15) is 0 Å². The van der Waals surface area contributed by atoms with Crippen molar-refractivity contribution in [2.75, 3.05) is 25.1 Å². The molecule has 1 aliphatic heterocycles. The first kappa shape index (κ1) is 21.2. The van der Waals surface area contributed by atoms with Crippen LogP contribution in [0.15, 0.2) is 72.8 Å². The summed E-state index contributed by atoms with van der Waals surface area (Å²) in [7, 11) is 0. The lowest BCUT2D eigenvalue weighted by Gasteiger charge is -2.33. The molecule has 1 amide bonds. The zero-order valence-corrected chi connectivity index (χ0v) is 18.1. The molecule has 0 radical (unpaired) electrons. The van der Waals surface area contributed by atoms with E-state index in [1.54, 1.807) is 24.3 Å². The lowest BCUT2D eigenvalue weighted by atomic mass is 9.74. The molecule has 2 N–H and O–H groups in total. The SMILES string of the molecule is O=C(Nc1ccc(C2(C(=O)O)CCOCC2)cc1)OCC1c2ccccc2-c2ccccc21. The Labute approximate surface area is 192 Å². The number of benzene rings is 3. The Hall–Kier alpha value is -3.64. The molecule has 1 saturated heterocycles. The third-order valence-corrected chi connectivity index (χ3v) is 6.78. The maximum atomic E-state index is 12.5. The van der Waals surface area contributed by atoms with E-state index in [4.69, 9.17) is 9.47 Å². The van der Waals surface area contributed by atoms with Crippen LogP contribution in [-0.2, 0) is 19.7 Å². The summed E-state index contributed by atoms with van der Waals surface area (Å²) >= 11 is 0. The molecule has 1 fully saturated rings. The van der Waals surface area contributed by atoms with Gasteiger partial charge < -0.3 is 14.6 Å². The van der Waals surface area contributed by atoms with Gasteiger partial charge in [-0.15, -0.1) is 0 Å². The van der Waals surface area contributed by atoms with Crippen LogP contribution in [-0.4, -0.2) is 37.0 Å². The number of amides is 1. The van der Waals surface area contributed by atoms with E-state index < -0.39 is 17.5 Å². The molecular weight excluding hydrogens is 418 g/mol. The molecule has 6 nitrogen and oxygen atoms in total. The molecule has 1 heterocycles. The number of carboxylic acid groups (broad SMARTS) is 1. The first-order valence-electron chi connectivity index (χ1n) is 11.1. The Balaban J connectivity index is 1.25. The average Bonchev–Trinajstić information content (AvgIpc) is 3.17. The van der Waals surface area contributed by atoms with E-state index in [0.717, 1.165) is 16.7 Å². The van der Waals surface area contributed by atoms with Gasteiger partial charge in [0.1, 0.15) is 6.61 Å². The standard InChI is InChI=1S/C27H25NO5/c29-25(30)27(13-15-32-16-14-27)18-9-11-19(12-10-18)28-26(31)33-17-24-22-7-3-1-5-20(22)21-6-2-4-8-23(21)24/h1-12,24H,13-17H2,(H,28,31)(H,29,30). The van der Waals surface area contributed by atoms with Crippen molar-refractivity contribution in [1.29, 1.82) is 0 Å². The summed E-state index contributed by atoms with van der Waals surface area (Å²) in [5, 5.41) is 12.6. The van der Waals surface area contributed by atoms with E-state index in [-0.39, 0.29) is 12.5 Å². The highest BCUT2D eigenvalue weighted by molar-refractivity contribution is 5.86. The second-order valence-corrected chi connectivity index (χ2v) is 8.53.